The standard InChI is InChI=1S/C13H23NO3/c1-14(12(15)7-8-13(16)17)10-9-11-5-3-2-4-6-11/h11H,2-10H2,1H3,(H,16,17). The third-order valence-electron chi connectivity index (χ3n) is 3.58. The van der Waals surface area contributed by atoms with Gasteiger partial charge in [-0.25, -0.2) is 0 Å². The van der Waals surface area contributed by atoms with E-state index in [0.717, 1.165) is 18.9 Å². The molecule has 17 heavy (non-hydrogen) atoms. The van der Waals surface area contributed by atoms with E-state index in [2.05, 4.69) is 0 Å². The first-order valence-corrected chi connectivity index (χ1v) is 6.55. The number of carboxylic acid groups (broad SMARTS) is 1. The van der Waals surface area contributed by atoms with Crippen molar-refractivity contribution in [2.75, 3.05) is 13.6 Å². The van der Waals surface area contributed by atoms with Crippen molar-refractivity contribution in [2.24, 2.45) is 5.92 Å². The van der Waals surface area contributed by atoms with Crippen molar-refractivity contribution in [2.45, 2.75) is 51.4 Å². The molecule has 1 rings (SSSR count). The number of carboxylic acids is 1. The van der Waals surface area contributed by atoms with Gasteiger partial charge in [0.15, 0.2) is 0 Å². The summed E-state index contributed by atoms with van der Waals surface area (Å²) in [6.45, 7) is 0.767. The Morgan fingerprint density at radius 3 is 2.41 bits per heavy atom. The molecular formula is C13H23NO3. The molecule has 4 nitrogen and oxygen atoms in total. The third kappa shape index (κ3) is 5.71. The maximum atomic E-state index is 11.6. The Balaban J connectivity index is 2.16. The van der Waals surface area contributed by atoms with Gasteiger partial charge in [0, 0.05) is 20.0 Å². The monoisotopic (exact) mass is 241 g/mol. The molecule has 1 aliphatic carbocycles. The highest BCUT2D eigenvalue weighted by molar-refractivity contribution is 5.80. The van der Waals surface area contributed by atoms with E-state index in [1.165, 1.54) is 32.1 Å². The van der Waals surface area contributed by atoms with Crippen LogP contribution in [0.5, 0.6) is 0 Å². The fraction of sp³-hybridized carbons (Fsp3) is 0.846. The average Bonchev–Trinajstić information content (AvgIpc) is 2.34. The van der Waals surface area contributed by atoms with Gasteiger partial charge in [-0.15, -0.1) is 0 Å². The summed E-state index contributed by atoms with van der Waals surface area (Å²) >= 11 is 0. The van der Waals surface area contributed by atoms with Crippen LogP contribution in [-0.4, -0.2) is 35.5 Å². The normalized spacial score (nSPS) is 16.8. The third-order valence-corrected chi connectivity index (χ3v) is 3.58. The second-order valence-corrected chi connectivity index (χ2v) is 5.00. The zero-order chi connectivity index (χ0) is 12.7. The van der Waals surface area contributed by atoms with Gasteiger partial charge < -0.3 is 10.0 Å². The van der Waals surface area contributed by atoms with Crippen LogP contribution in [-0.2, 0) is 9.59 Å². The maximum Gasteiger partial charge on any atom is 0.303 e. The van der Waals surface area contributed by atoms with Gasteiger partial charge >= 0.3 is 5.97 Å². The predicted molar refractivity (Wildman–Crippen MR) is 65.7 cm³/mol. The number of carbonyl (C=O) groups is 2. The van der Waals surface area contributed by atoms with E-state index in [4.69, 9.17) is 5.11 Å². The van der Waals surface area contributed by atoms with Gasteiger partial charge in [-0.05, 0) is 12.3 Å². The van der Waals surface area contributed by atoms with Crippen molar-refractivity contribution in [3.05, 3.63) is 0 Å². The summed E-state index contributed by atoms with van der Waals surface area (Å²) in [5, 5.41) is 8.51. The van der Waals surface area contributed by atoms with Gasteiger partial charge in [0.1, 0.15) is 0 Å². The summed E-state index contributed by atoms with van der Waals surface area (Å²) in [5.74, 6) is -0.194. The first-order valence-electron chi connectivity index (χ1n) is 6.55. The summed E-state index contributed by atoms with van der Waals surface area (Å²) in [7, 11) is 1.77. The SMILES string of the molecule is CN(CCC1CCCCC1)C(=O)CCC(=O)O. The van der Waals surface area contributed by atoms with Gasteiger partial charge in [0.05, 0.1) is 6.42 Å². The smallest absolute Gasteiger partial charge is 0.303 e. The largest absolute Gasteiger partial charge is 0.481 e. The molecule has 4 heteroatoms. The molecule has 0 radical (unpaired) electrons. The van der Waals surface area contributed by atoms with E-state index >= 15 is 0 Å². The second kappa shape index (κ2) is 7.30. The first-order chi connectivity index (χ1) is 8.09. The van der Waals surface area contributed by atoms with Gasteiger partial charge in [0.2, 0.25) is 5.91 Å². The summed E-state index contributed by atoms with van der Waals surface area (Å²) in [6, 6.07) is 0. The summed E-state index contributed by atoms with van der Waals surface area (Å²) in [4.78, 5) is 23.6. The van der Waals surface area contributed by atoms with Crippen LogP contribution in [0.2, 0.25) is 0 Å². The number of carbonyl (C=O) groups excluding carboxylic acids is 1. The van der Waals surface area contributed by atoms with Crippen molar-refractivity contribution in [3.63, 3.8) is 0 Å². The minimum Gasteiger partial charge on any atom is -0.481 e. The molecule has 0 saturated heterocycles. The van der Waals surface area contributed by atoms with Gasteiger partial charge in [0.25, 0.3) is 0 Å². The Morgan fingerprint density at radius 1 is 1.18 bits per heavy atom. The Labute approximate surface area is 103 Å². The first kappa shape index (κ1) is 14.0. The molecule has 0 aromatic carbocycles. The van der Waals surface area contributed by atoms with Crippen molar-refractivity contribution in [3.8, 4) is 0 Å². The highest BCUT2D eigenvalue weighted by atomic mass is 16.4. The van der Waals surface area contributed by atoms with E-state index in [1.54, 1.807) is 11.9 Å². The highest BCUT2D eigenvalue weighted by Crippen LogP contribution is 2.26. The van der Waals surface area contributed by atoms with E-state index in [1.807, 2.05) is 0 Å². The minimum atomic E-state index is -0.904. The molecule has 0 unspecified atom stereocenters. The van der Waals surface area contributed by atoms with E-state index in [9.17, 15) is 9.59 Å². The molecule has 1 amide bonds. The van der Waals surface area contributed by atoms with Crippen LogP contribution in [0.4, 0.5) is 0 Å². The lowest BCUT2D eigenvalue weighted by atomic mass is 9.87. The van der Waals surface area contributed by atoms with E-state index in [-0.39, 0.29) is 18.7 Å². The Bertz CT molecular complexity index is 259. The van der Waals surface area contributed by atoms with Crippen LogP contribution in [0.3, 0.4) is 0 Å². The predicted octanol–water partition coefficient (Wildman–Crippen LogP) is 2.28. The molecule has 1 fully saturated rings. The molecule has 1 saturated carbocycles. The van der Waals surface area contributed by atoms with Crippen molar-refractivity contribution in [1.29, 1.82) is 0 Å². The summed E-state index contributed by atoms with van der Waals surface area (Å²) < 4.78 is 0. The van der Waals surface area contributed by atoms with Gasteiger partial charge in [-0.3, -0.25) is 9.59 Å². The molecule has 0 aromatic rings. The molecule has 1 aliphatic rings. The number of rotatable bonds is 6. The summed E-state index contributed by atoms with van der Waals surface area (Å²) in [5.41, 5.74) is 0. The number of hydrogen-bond acceptors (Lipinski definition) is 2. The lowest BCUT2D eigenvalue weighted by Crippen LogP contribution is -2.29. The Morgan fingerprint density at radius 2 is 1.82 bits per heavy atom. The average molecular weight is 241 g/mol. The molecule has 0 aromatic heterocycles. The topological polar surface area (TPSA) is 57.6 Å². The number of hydrogen-bond donors (Lipinski definition) is 1. The van der Waals surface area contributed by atoms with Crippen molar-refractivity contribution < 1.29 is 14.7 Å². The lowest BCUT2D eigenvalue weighted by molar-refractivity contribution is -0.140. The van der Waals surface area contributed by atoms with E-state index in [0.29, 0.717) is 0 Å². The van der Waals surface area contributed by atoms with E-state index < -0.39 is 5.97 Å². The number of amides is 1. The Kier molecular flexibility index (Phi) is 6.01. The lowest BCUT2D eigenvalue weighted by Gasteiger charge is -2.24. The molecule has 0 atom stereocenters. The van der Waals surface area contributed by atoms with Crippen LogP contribution in [0, 0.1) is 5.92 Å². The molecule has 0 bridgehead atoms. The van der Waals surface area contributed by atoms with Crippen LogP contribution < -0.4 is 0 Å². The molecule has 0 spiro atoms. The van der Waals surface area contributed by atoms with Gasteiger partial charge in [-0.2, -0.15) is 0 Å². The number of aliphatic carboxylic acids is 1. The Hall–Kier alpha value is -1.06. The zero-order valence-corrected chi connectivity index (χ0v) is 10.7. The molecular weight excluding hydrogens is 218 g/mol. The number of nitrogens with zero attached hydrogens (tertiary/aromatic N) is 1. The second-order valence-electron chi connectivity index (χ2n) is 5.00. The minimum absolute atomic E-state index is 0.0526. The summed E-state index contributed by atoms with van der Waals surface area (Å²) in [6.07, 6.45) is 7.69. The fourth-order valence-electron chi connectivity index (χ4n) is 2.38. The van der Waals surface area contributed by atoms with Crippen molar-refractivity contribution >= 4 is 11.9 Å². The van der Waals surface area contributed by atoms with Crippen LogP contribution in [0.25, 0.3) is 0 Å². The quantitative estimate of drug-likeness (QED) is 0.776. The fourth-order valence-corrected chi connectivity index (χ4v) is 2.38. The molecule has 98 valence electrons. The van der Waals surface area contributed by atoms with Crippen LogP contribution >= 0.6 is 0 Å². The van der Waals surface area contributed by atoms with Gasteiger partial charge in [-0.1, -0.05) is 32.1 Å². The molecule has 0 aliphatic heterocycles. The maximum absolute atomic E-state index is 11.6. The molecule has 1 N–H and O–H groups in total. The highest BCUT2D eigenvalue weighted by Gasteiger charge is 2.16. The molecule has 0 heterocycles. The van der Waals surface area contributed by atoms with Crippen molar-refractivity contribution in [1.82, 2.24) is 4.90 Å². The van der Waals surface area contributed by atoms with Crippen LogP contribution in [0.15, 0.2) is 0 Å². The zero-order valence-electron chi connectivity index (χ0n) is 10.7. The van der Waals surface area contributed by atoms with Crippen LogP contribution in [0.1, 0.15) is 51.4 Å².